The summed E-state index contributed by atoms with van der Waals surface area (Å²) in [6.07, 6.45) is 86.5. The van der Waals surface area contributed by atoms with E-state index in [1.807, 2.05) is 0 Å². The molecule has 0 radical (unpaired) electrons. The molecule has 0 aliphatic rings. The van der Waals surface area contributed by atoms with Gasteiger partial charge in [0.2, 0.25) is 0 Å². The predicted octanol–water partition coefficient (Wildman–Crippen LogP) is 22.7. The fraction of sp³-hybridized carbons (Fsp3) is 0.761. The average Bonchev–Trinajstić information content (AvgIpc) is 3.43. The summed E-state index contributed by atoms with van der Waals surface area (Å²) in [7, 11) is 0. The van der Waals surface area contributed by atoms with E-state index >= 15 is 0 Å². The highest BCUT2D eigenvalue weighted by atomic mass is 16.6. The number of esters is 3. The minimum atomic E-state index is -0.773. The van der Waals surface area contributed by atoms with Crippen molar-refractivity contribution in [1.82, 2.24) is 0 Å². The van der Waals surface area contributed by atoms with Crippen molar-refractivity contribution in [3.63, 3.8) is 0 Å². The van der Waals surface area contributed by atoms with E-state index in [4.69, 9.17) is 14.2 Å². The third kappa shape index (κ3) is 63.3. The Balaban J connectivity index is 3.98. The molecule has 0 heterocycles. The maximum Gasteiger partial charge on any atom is 0.306 e. The molecular formula is C71H124O6. The van der Waals surface area contributed by atoms with E-state index in [-0.39, 0.29) is 31.1 Å². The molecule has 0 aromatic rings. The molecule has 1 atom stereocenters. The second kappa shape index (κ2) is 65.1. The second-order valence-corrected chi connectivity index (χ2v) is 22.0. The predicted molar refractivity (Wildman–Crippen MR) is 334 cm³/mol. The Morgan fingerprint density at radius 2 is 0.506 bits per heavy atom. The normalized spacial score (nSPS) is 12.6. The zero-order valence-electron chi connectivity index (χ0n) is 51.0. The monoisotopic (exact) mass is 1070 g/mol. The number of hydrogen-bond donors (Lipinski definition) is 0. The van der Waals surface area contributed by atoms with Gasteiger partial charge in [-0.15, -0.1) is 0 Å². The van der Waals surface area contributed by atoms with E-state index in [9.17, 15) is 14.4 Å². The lowest BCUT2D eigenvalue weighted by Gasteiger charge is -2.18. The van der Waals surface area contributed by atoms with Crippen molar-refractivity contribution in [3.8, 4) is 0 Å². The fourth-order valence-corrected chi connectivity index (χ4v) is 9.44. The van der Waals surface area contributed by atoms with E-state index in [0.29, 0.717) is 19.3 Å². The Kier molecular flexibility index (Phi) is 62.2. The smallest absolute Gasteiger partial charge is 0.306 e. The molecule has 0 amide bonds. The van der Waals surface area contributed by atoms with Gasteiger partial charge < -0.3 is 14.2 Å². The lowest BCUT2D eigenvalue weighted by molar-refractivity contribution is -0.167. The summed E-state index contributed by atoms with van der Waals surface area (Å²) >= 11 is 0. The van der Waals surface area contributed by atoms with Gasteiger partial charge >= 0.3 is 17.9 Å². The van der Waals surface area contributed by atoms with E-state index < -0.39 is 6.10 Å². The van der Waals surface area contributed by atoms with Crippen LogP contribution in [0.25, 0.3) is 0 Å². The van der Waals surface area contributed by atoms with Crippen molar-refractivity contribution in [2.75, 3.05) is 13.2 Å². The van der Waals surface area contributed by atoms with Crippen LogP contribution in [0.4, 0.5) is 0 Å². The van der Waals surface area contributed by atoms with Crippen molar-refractivity contribution in [2.45, 2.75) is 335 Å². The minimum absolute atomic E-state index is 0.0744. The van der Waals surface area contributed by atoms with Gasteiger partial charge in [0, 0.05) is 19.3 Å². The molecule has 0 saturated carbocycles. The van der Waals surface area contributed by atoms with Crippen molar-refractivity contribution < 1.29 is 28.6 Å². The van der Waals surface area contributed by atoms with Crippen LogP contribution in [-0.2, 0) is 28.6 Å². The summed E-state index contributed by atoms with van der Waals surface area (Å²) in [4.78, 5) is 37.9. The Labute approximate surface area is 477 Å². The molecule has 0 fully saturated rings. The van der Waals surface area contributed by atoms with Gasteiger partial charge in [-0.1, -0.05) is 298 Å². The van der Waals surface area contributed by atoms with Gasteiger partial charge in [-0.05, 0) is 96.3 Å². The molecule has 1 unspecified atom stereocenters. The molecule has 444 valence electrons. The van der Waals surface area contributed by atoms with E-state index in [1.165, 1.54) is 186 Å². The van der Waals surface area contributed by atoms with Crippen LogP contribution in [0.1, 0.15) is 329 Å². The first-order chi connectivity index (χ1) is 38.0. The van der Waals surface area contributed by atoms with Gasteiger partial charge in [-0.3, -0.25) is 14.4 Å². The molecule has 0 aromatic carbocycles. The van der Waals surface area contributed by atoms with Crippen molar-refractivity contribution in [1.29, 1.82) is 0 Å². The highest BCUT2D eigenvalue weighted by Crippen LogP contribution is 2.17. The first-order valence-corrected chi connectivity index (χ1v) is 33.1. The third-order valence-electron chi connectivity index (χ3n) is 14.4. The number of unbranched alkanes of at least 4 members (excludes halogenated alkanes) is 35. The summed E-state index contributed by atoms with van der Waals surface area (Å²) in [5, 5.41) is 0. The lowest BCUT2D eigenvalue weighted by Crippen LogP contribution is -2.30. The molecule has 0 bridgehead atoms. The van der Waals surface area contributed by atoms with Gasteiger partial charge in [0.05, 0.1) is 0 Å². The Morgan fingerprint density at radius 3 is 0.805 bits per heavy atom. The van der Waals surface area contributed by atoms with Crippen molar-refractivity contribution >= 4 is 17.9 Å². The molecule has 0 rings (SSSR count). The van der Waals surface area contributed by atoms with Crippen LogP contribution in [0.15, 0.2) is 85.1 Å². The lowest BCUT2D eigenvalue weighted by atomic mass is 10.0. The molecule has 0 N–H and O–H groups in total. The van der Waals surface area contributed by atoms with Crippen LogP contribution in [0.2, 0.25) is 0 Å². The number of hydrogen-bond acceptors (Lipinski definition) is 6. The second-order valence-electron chi connectivity index (χ2n) is 22.0. The Morgan fingerprint density at radius 1 is 0.273 bits per heavy atom. The first kappa shape index (κ1) is 73.6. The minimum Gasteiger partial charge on any atom is -0.462 e. The third-order valence-corrected chi connectivity index (χ3v) is 14.4. The summed E-state index contributed by atoms with van der Waals surface area (Å²) in [6, 6.07) is 0. The van der Waals surface area contributed by atoms with E-state index in [0.717, 1.165) is 103 Å². The first-order valence-electron chi connectivity index (χ1n) is 33.1. The van der Waals surface area contributed by atoms with Crippen molar-refractivity contribution in [2.24, 2.45) is 0 Å². The van der Waals surface area contributed by atoms with Gasteiger partial charge in [0.25, 0.3) is 0 Å². The number of allylic oxidation sites excluding steroid dienone is 14. The quantitative estimate of drug-likeness (QED) is 0.0261. The summed E-state index contributed by atoms with van der Waals surface area (Å²) in [5.41, 5.74) is 0. The zero-order chi connectivity index (χ0) is 55.7. The standard InChI is InChI=1S/C71H124O6/c1-4-7-10-13-15-17-19-21-23-25-27-29-30-31-32-33-34-35-36-37-38-39-40-42-43-45-47-49-51-53-55-58-61-64-70(73)76-67-68(66-75-69(72)63-60-57-12-9-6-3)77-71(74)65-62-59-56-54-52-50-48-46-44-41-28-26-24-22-20-18-16-14-11-8-5-2/h7,10,15,17,21,23,26-29,31-32,34-35,68H,4-6,8-9,11-14,16,18-20,22,24-25,30,33,36-67H2,1-3H3/b10-7-,17-15-,23-21-,28-26-,29-27-,32-31-,35-34-. The highest BCUT2D eigenvalue weighted by Gasteiger charge is 2.19. The topological polar surface area (TPSA) is 78.9 Å². The maximum absolute atomic E-state index is 12.8. The highest BCUT2D eigenvalue weighted by molar-refractivity contribution is 5.71. The van der Waals surface area contributed by atoms with Gasteiger partial charge in [-0.2, -0.15) is 0 Å². The Hall–Kier alpha value is -3.41. The summed E-state index contributed by atoms with van der Waals surface area (Å²) in [5.74, 6) is -0.878. The van der Waals surface area contributed by atoms with E-state index in [2.05, 4.69) is 106 Å². The molecule has 6 heteroatoms. The number of carbonyl (C=O) groups excluding carboxylic acids is 3. The summed E-state index contributed by atoms with van der Waals surface area (Å²) < 4.78 is 16.8. The molecule has 0 saturated heterocycles. The van der Waals surface area contributed by atoms with Crippen LogP contribution < -0.4 is 0 Å². The van der Waals surface area contributed by atoms with Crippen LogP contribution >= 0.6 is 0 Å². The number of rotatable bonds is 60. The molecule has 0 aliphatic heterocycles. The van der Waals surface area contributed by atoms with Crippen LogP contribution in [0.5, 0.6) is 0 Å². The van der Waals surface area contributed by atoms with Crippen LogP contribution in [0.3, 0.4) is 0 Å². The largest absolute Gasteiger partial charge is 0.462 e. The molecule has 77 heavy (non-hydrogen) atoms. The average molecular weight is 1070 g/mol. The number of carbonyl (C=O) groups is 3. The van der Waals surface area contributed by atoms with Gasteiger partial charge in [0.1, 0.15) is 13.2 Å². The van der Waals surface area contributed by atoms with Crippen LogP contribution in [-0.4, -0.2) is 37.2 Å². The van der Waals surface area contributed by atoms with E-state index in [1.54, 1.807) is 0 Å². The van der Waals surface area contributed by atoms with Gasteiger partial charge in [-0.25, -0.2) is 0 Å². The fourth-order valence-electron chi connectivity index (χ4n) is 9.44. The zero-order valence-corrected chi connectivity index (χ0v) is 51.0. The molecular weight excluding hydrogens is 949 g/mol. The van der Waals surface area contributed by atoms with Crippen molar-refractivity contribution in [3.05, 3.63) is 85.1 Å². The SMILES string of the molecule is CC/C=C\C/C=C\C/C=C\C/C=C\C/C=C\C/C=C\CCCCCCCCCCCCCCCCC(=O)OCC(COC(=O)CCCCCCC)OC(=O)CCCCCCCCCCC/C=C\CCCCCCCCCC. The Bertz CT molecular complexity index is 1470. The van der Waals surface area contributed by atoms with Crippen LogP contribution in [0, 0.1) is 0 Å². The van der Waals surface area contributed by atoms with Gasteiger partial charge in [0.15, 0.2) is 6.10 Å². The summed E-state index contributed by atoms with van der Waals surface area (Å²) in [6.45, 7) is 6.47. The number of ether oxygens (including phenoxy) is 3. The molecule has 0 spiro atoms. The molecule has 0 aliphatic carbocycles. The molecule has 0 aromatic heterocycles. The maximum atomic E-state index is 12.8. The molecule has 6 nitrogen and oxygen atoms in total.